The van der Waals surface area contributed by atoms with Crippen molar-refractivity contribution in [3.8, 4) is 5.75 Å². The van der Waals surface area contributed by atoms with Gasteiger partial charge in [-0.1, -0.05) is 48.5 Å². The van der Waals surface area contributed by atoms with Crippen molar-refractivity contribution in [2.75, 3.05) is 19.0 Å². The molecule has 31 heavy (non-hydrogen) atoms. The highest BCUT2D eigenvalue weighted by Gasteiger charge is 2.12. The van der Waals surface area contributed by atoms with Crippen LogP contribution in [0.3, 0.4) is 0 Å². The number of carbonyl (C=O) groups excluding carboxylic acids is 2. The molecule has 1 heterocycles. The number of esters is 1. The largest absolute Gasteiger partial charge is 0.484 e. The summed E-state index contributed by atoms with van der Waals surface area (Å²) in [4.78, 5) is 24.2. The number of hydrogen-bond donors (Lipinski definition) is 1. The van der Waals surface area contributed by atoms with Gasteiger partial charge < -0.3 is 14.8 Å². The van der Waals surface area contributed by atoms with Crippen LogP contribution in [-0.4, -0.2) is 35.4 Å². The number of fused-ring (bicyclic) bond motifs is 1. The molecular weight excluding hydrogens is 394 g/mol. The summed E-state index contributed by atoms with van der Waals surface area (Å²) in [6, 6.07) is 20.8. The Balaban J connectivity index is 1.35. The van der Waals surface area contributed by atoms with Gasteiger partial charge in [0.2, 0.25) is 0 Å². The smallest absolute Gasteiger partial charge is 0.338 e. The van der Waals surface area contributed by atoms with E-state index in [0.717, 1.165) is 16.3 Å². The van der Waals surface area contributed by atoms with E-state index in [9.17, 15) is 9.59 Å². The molecule has 0 spiro atoms. The van der Waals surface area contributed by atoms with Crippen molar-refractivity contribution < 1.29 is 19.1 Å². The number of aromatic nitrogens is 2. The van der Waals surface area contributed by atoms with Crippen LogP contribution < -0.4 is 10.1 Å². The Hall–Kier alpha value is -4.13. The van der Waals surface area contributed by atoms with Crippen LogP contribution in [0.15, 0.2) is 79.1 Å². The average Bonchev–Trinajstić information content (AvgIpc) is 3.24. The molecular formula is C24H21N3O4. The van der Waals surface area contributed by atoms with Crippen molar-refractivity contribution in [1.29, 1.82) is 0 Å². The van der Waals surface area contributed by atoms with Crippen LogP contribution in [0.5, 0.6) is 5.75 Å². The number of ether oxygens (including phenoxy) is 2. The maximum Gasteiger partial charge on any atom is 0.338 e. The molecule has 0 fully saturated rings. The highest BCUT2D eigenvalue weighted by atomic mass is 16.5. The van der Waals surface area contributed by atoms with Gasteiger partial charge in [-0.25, -0.2) is 4.79 Å². The van der Waals surface area contributed by atoms with E-state index < -0.39 is 5.97 Å². The van der Waals surface area contributed by atoms with Crippen LogP contribution >= 0.6 is 0 Å². The molecule has 0 radical (unpaired) electrons. The predicted octanol–water partition coefficient (Wildman–Crippen LogP) is 3.89. The second-order valence-corrected chi connectivity index (χ2v) is 6.92. The highest BCUT2D eigenvalue weighted by molar-refractivity contribution is 5.92. The van der Waals surface area contributed by atoms with E-state index in [1.807, 2.05) is 54.6 Å². The molecule has 4 aromatic rings. The molecule has 0 unspecified atom stereocenters. The molecule has 0 aliphatic rings. The maximum absolute atomic E-state index is 12.3. The second-order valence-electron chi connectivity index (χ2n) is 6.92. The quantitative estimate of drug-likeness (QED) is 0.463. The van der Waals surface area contributed by atoms with Crippen molar-refractivity contribution in [1.82, 2.24) is 9.78 Å². The number of methoxy groups -OCH3 is 1. The summed E-state index contributed by atoms with van der Waals surface area (Å²) in [7, 11) is 1.35. The lowest BCUT2D eigenvalue weighted by atomic mass is 10.1. The molecule has 0 atom stereocenters. The summed E-state index contributed by atoms with van der Waals surface area (Å²) in [6.07, 6.45) is 3.25. The van der Waals surface area contributed by atoms with E-state index in [1.165, 1.54) is 7.11 Å². The van der Waals surface area contributed by atoms with Crippen LogP contribution in [0.1, 0.15) is 15.9 Å². The highest BCUT2D eigenvalue weighted by Crippen LogP contribution is 2.20. The lowest BCUT2D eigenvalue weighted by molar-refractivity contribution is -0.118. The number of nitrogens with zero attached hydrogens (tertiary/aromatic N) is 2. The van der Waals surface area contributed by atoms with Gasteiger partial charge in [0.25, 0.3) is 5.91 Å². The lowest BCUT2D eigenvalue weighted by Gasteiger charge is -2.08. The SMILES string of the molecule is COC(=O)c1ccccc1Cn1cc(NC(=O)COc2ccc3ccccc3c2)cn1. The van der Waals surface area contributed by atoms with Crippen molar-refractivity contribution >= 4 is 28.3 Å². The molecule has 1 aromatic heterocycles. The van der Waals surface area contributed by atoms with Crippen LogP contribution in [-0.2, 0) is 16.1 Å². The van der Waals surface area contributed by atoms with Gasteiger partial charge in [0.15, 0.2) is 6.61 Å². The van der Waals surface area contributed by atoms with Crippen LogP contribution in [0.2, 0.25) is 0 Å². The van der Waals surface area contributed by atoms with Gasteiger partial charge >= 0.3 is 5.97 Å². The van der Waals surface area contributed by atoms with Gasteiger partial charge in [-0.3, -0.25) is 9.48 Å². The van der Waals surface area contributed by atoms with Gasteiger partial charge in [0.05, 0.1) is 31.1 Å². The van der Waals surface area contributed by atoms with E-state index >= 15 is 0 Å². The molecule has 1 amide bonds. The molecule has 0 aliphatic heterocycles. The van der Waals surface area contributed by atoms with E-state index in [2.05, 4.69) is 10.4 Å². The molecule has 4 rings (SSSR count). The first-order valence-electron chi connectivity index (χ1n) is 9.72. The van der Waals surface area contributed by atoms with Gasteiger partial charge in [-0.2, -0.15) is 5.10 Å². The Morgan fingerprint density at radius 3 is 2.61 bits per heavy atom. The molecule has 0 saturated heterocycles. The molecule has 0 bridgehead atoms. The second kappa shape index (κ2) is 9.13. The summed E-state index contributed by atoms with van der Waals surface area (Å²) < 4.78 is 12.1. The first-order chi connectivity index (χ1) is 15.1. The molecule has 3 aromatic carbocycles. The van der Waals surface area contributed by atoms with Crippen molar-refractivity contribution in [3.63, 3.8) is 0 Å². The molecule has 7 nitrogen and oxygen atoms in total. The Morgan fingerprint density at radius 1 is 1.00 bits per heavy atom. The topological polar surface area (TPSA) is 82.5 Å². The zero-order valence-corrected chi connectivity index (χ0v) is 16.9. The number of nitrogens with one attached hydrogen (secondary N) is 1. The van der Waals surface area contributed by atoms with E-state index in [0.29, 0.717) is 23.5 Å². The first kappa shape index (κ1) is 20.2. The molecule has 1 N–H and O–H groups in total. The Labute approximate surface area is 179 Å². The third-order valence-electron chi connectivity index (χ3n) is 4.76. The number of carbonyl (C=O) groups is 2. The summed E-state index contributed by atoms with van der Waals surface area (Å²) in [5.41, 5.74) is 1.80. The number of anilines is 1. The van der Waals surface area contributed by atoms with Crippen LogP contribution in [0.25, 0.3) is 10.8 Å². The predicted molar refractivity (Wildman–Crippen MR) is 117 cm³/mol. The summed E-state index contributed by atoms with van der Waals surface area (Å²) >= 11 is 0. The zero-order chi connectivity index (χ0) is 21.6. The first-order valence-corrected chi connectivity index (χ1v) is 9.72. The van der Waals surface area contributed by atoms with Gasteiger partial charge in [0.1, 0.15) is 5.75 Å². The van der Waals surface area contributed by atoms with Gasteiger partial charge in [0, 0.05) is 6.20 Å². The van der Waals surface area contributed by atoms with E-state index in [-0.39, 0.29) is 12.5 Å². The summed E-state index contributed by atoms with van der Waals surface area (Å²) in [5.74, 6) is -0.0613. The Morgan fingerprint density at radius 2 is 1.77 bits per heavy atom. The monoisotopic (exact) mass is 415 g/mol. The number of hydrogen-bond acceptors (Lipinski definition) is 5. The molecule has 7 heteroatoms. The number of amides is 1. The normalized spacial score (nSPS) is 10.6. The van der Waals surface area contributed by atoms with E-state index in [4.69, 9.17) is 9.47 Å². The molecule has 0 aliphatic carbocycles. The minimum atomic E-state index is -0.401. The van der Waals surface area contributed by atoms with Crippen LogP contribution in [0.4, 0.5) is 5.69 Å². The fourth-order valence-corrected chi connectivity index (χ4v) is 3.26. The van der Waals surface area contributed by atoms with Gasteiger partial charge in [-0.15, -0.1) is 0 Å². The third-order valence-corrected chi connectivity index (χ3v) is 4.76. The molecule has 156 valence electrons. The average molecular weight is 415 g/mol. The van der Waals surface area contributed by atoms with E-state index in [1.54, 1.807) is 29.2 Å². The van der Waals surface area contributed by atoms with Crippen LogP contribution in [0, 0.1) is 0 Å². The summed E-state index contributed by atoms with van der Waals surface area (Å²) in [6.45, 7) is 0.253. The van der Waals surface area contributed by atoms with Gasteiger partial charge in [-0.05, 0) is 34.5 Å². The standard InChI is InChI=1S/C24H21N3O4/c1-30-24(29)22-9-5-4-8-19(22)14-27-15-20(13-25-27)26-23(28)16-31-21-11-10-17-6-2-3-7-18(17)12-21/h2-13,15H,14,16H2,1H3,(H,26,28). The Bertz CT molecular complexity index is 1230. The number of benzene rings is 3. The fraction of sp³-hybridized carbons (Fsp3) is 0.125. The van der Waals surface area contributed by atoms with Crippen molar-refractivity contribution in [2.45, 2.75) is 6.54 Å². The lowest BCUT2D eigenvalue weighted by Crippen LogP contribution is -2.19. The minimum absolute atomic E-state index is 0.116. The third kappa shape index (κ3) is 4.90. The van der Waals surface area contributed by atoms with Crippen molar-refractivity contribution in [2.24, 2.45) is 0 Å². The fourth-order valence-electron chi connectivity index (χ4n) is 3.26. The van der Waals surface area contributed by atoms with Crippen molar-refractivity contribution in [3.05, 3.63) is 90.3 Å². The Kier molecular flexibility index (Phi) is 5.93. The minimum Gasteiger partial charge on any atom is -0.484 e. The number of rotatable bonds is 7. The summed E-state index contributed by atoms with van der Waals surface area (Å²) in [5, 5.41) is 9.18. The maximum atomic E-state index is 12.3. The zero-order valence-electron chi connectivity index (χ0n) is 16.9. The molecule has 0 saturated carbocycles.